The van der Waals surface area contributed by atoms with Crippen LogP contribution in [0.2, 0.25) is 0 Å². The van der Waals surface area contributed by atoms with Crippen molar-refractivity contribution in [1.82, 2.24) is 4.90 Å². The predicted octanol–water partition coefficient (Wildman–Crippen LogP) is 3.38. The normalized spacial score (nSPS) is 11.4. The summed E-state index contributed by atoms with van der Waals surface area (Å²) in [5, 5.41) is 8.81. The number of furan rings is 1. The van der Waals surface area contributed by atoms with E-state index in [4.69, 9.17) is 9.52 Å². The molecule has 4 nitrogen and oxygen atoms in total. The van der Waals surface area contributed by atoms with Gasteiger partial charge in [0.25, 0.3) is 0 Å². The van der Waals surface area contributed by atoms with Crippen molar-refractivity contribution in [2.75, 3.05) is 6.54 Å². The first-order valence-corrected chi connectivity index (χ1v) is 6.60. The van der Waals surface area contributed by atoms with E-state index in [9.17, 15) is 4.79 Å². The summed E-state index contributed by atoms with van der Waals surface area (Å²) in [6.07, 6.45) is 3.60. The summed E-state index contributed by atoms with van der Waals surface area (Å²) in [6.45, 7) is 8.18. The molecule has 0 aliphatic carbocycles. The summed E-state index contributed by atoms with van der Waals surface area (Å²) in [4.78, 5) is 13.0. The molecule has 0 bridgehead atoms. The molecule has 0 unspecified atom stereocenters. The van der Waals surface area contributed by atoms with E-state index in [1.165, 1.54) is 25.3 Å². The summed E-state index contributed by atoms with van der Waals surface area (Å²) in [7, 11) is 0. The van der Waals surface area contributed by atoms with Crippen LogP contribution < -0.4 is 0 Å². The van der Waals surface area contributed by atoms with Crippen molar-refractivity contribution in [2.45, 2.75) is 52.6 Å². The number of rotatable bonds is 8. The average Bonchev–Trinajstić information content (AvgIpc) is 2.76. The first kappa shape index (κ1) is 14.8. The second kappa shape index (κ2) is 7.21. The van der Waals surface area contributed by atoms with E-state index in [-0.39, 0.29) is 5.76 Å². The third kappa shape index (κ3) is 4.53. The lowest BCUT2D eigenvalue weighted by Gasteiger charge is -2.25. The molecule has 0 spiro atoms. The number of carboxylic acids is 1. The van der Waals surface area contributed by atoms with Gasteiger partial charge in [0.15, 0.2) is 0 Å². The molecule has 0 aliphatic rings. The van der Waals surface area contributed by atoms with E-state index in [1.807, 2.05) is 0 Å². The highest BCUT2D eigenvalue weighted by Crippen LogP contribution is 2.13. The van der Waals surface area contributed by atoms with Crippen molar-refractivity contribution in [3.05, 3.63) is 23.7 Å². The summed E-state index contributed by atoms with van der Waals surface area (Å²) in [6, 6.07) is 3.70. The molecule has 0 aromatic carbocycles. The lowest BCUT2D eigenvalue weighted by atomic mass is 10.2. The number of aromatic carboxylic acids is 1. The smallest absolute Gasteiger partial charge is 0.371 e. The van der Waals surface area contributed by atoms with Crippen LogP contribution in [0.3, 0.4) is 0 Å². The molecule has 102 valence electrons. The van der Waals surface area contributed by atoms with E-state index in [0.29, 0.717) is 12.6 Å². The van der Waals surface area contributed by atoms with Crippen LogP contribution in [0.15, 0.2) is 16.5 Å². The summed E-state index contributed by atoms with van der Waals surface area (Å²) in [5.74, 6) is -0.275. The van der Waals surface area contributed by atoms with Gasteiger partial charge in [0.1, 0.15) is 5.76 Å². The highest BCUT2D eigenvalue weighted by molar-refractivity contribution is 5.84. The van der Waals surface area contributed by atoms with Gasteiger partial charge in [-0.05, 0) is 38.9 Å². The monoisotopic (exact) mass is 253 g/mol. The zero-order chi connectivity index (χ0) is 13.5. The van der Waals surface area contributed by atoms with Gasteiger partial charge in [-0.3, -0.25) is 4.90 Å². The minimum Gasteiger partial charge on any atom is -0.475 e. The fraction of sp³-hybridized carbons (Fsp3) is 0.643. The van der Waals surface area contributed by atoms with Gasteiger partial charge in [-0.2, -0.15) is 0 Å². The van der Waals surface area contributed by atoms with Gasteiger partial charge in [-0.25, -0.2) is 4.79 Å². The van der Waals surface area contributed by atoms with Gasteiger partial charge in [0, 0.05) is 6.04 Å². The molecule has 0 fully saturated rings. The molecule has 0 atom stereocenters. The van der Waals surface area contributed by atoms with Crippen molar-refractivity contribution in [3.63, 3.8) is 0 Å². The topological polar surface area (TPSA) is 53.7 Å². The molecule has 1 N–H and O–H groups in total. The zero-order valence-electron chi connectivity index (χ0n) is 11.5. The SMILES string of the molecule is CCCCCN(Cc1ccc(C(=O)O)o1)C(C)C. The molecular formula is C14H23NO3. The molecule has 0 amide bonds. The summed E-state index contributed by atoms with van der Waals surface area (Å²) >= 11 is 0. The third-order valence-corrected chi connectivity index (χ3v) is 3.01. The quantitative estimate of drug-likeness (QED) is 0.722. The van der Waals surface area contributed by atoms with Crippen molar-refractivity contribution < 1.29 is 14.3 Å². The van der Waals surface area contributed by atoms with Gasteiger partial charge in [-0.15, -0.1) is 0 Å². The molecule has 1 aromatic rings. The molecule has 0 saturated carbocycles. The fourth-order valence-electron chi connectivity index (χ4n) is 1.86. The lowest BCUT2D eigenvalue weighted by molar-refractivity contribution is 0.0657. The van der Waals surface area contributed by atoms with Crippen molar-refractivity contribution in [2.24, 2.45) is 0 Å². The Morgan fingerprint density at radius 1 is 1.39 bits per heavy atom. The fourth-order valence-corrected chi connectivity index (χ4v) is 1.86. The van der Waals surface area contributed by atoms with Crippen LogP contribution >= 0.6 is 0 Å². The Morgan fingerprint density at radius 2 is 2.11 bits per heavy atom. The van der Waals surface area contributed by atoms with Crippen LogP contribution in [0.5, 0.6) is 0 Å². The second-order valence-corrected chi connectivity index (χ2v) is 4.84. The largest absolute Gasteiger partial charge is 0.475 e. The highest BCUT2D eigenvalue weighted by Gasteiger charge is 2.14. The second-order valence-electron chi connectivity index (χ2n) is 4.84. The maximum absolute atomic E-state index is 10.7. The number of carboxylic acid groups (broad SMARTS) is 1. The third-order valence-electron chi connectivity index (χ3n) is 3.01. The van der Waals surface area contributed by atoms with Crippen molar-refractivity contribution in [3.8, 4) is 0 Å². The van der Waals surface area contributed by atoms with Crippen LogP contribution in [-0.4, -0.2) is 28.6 Å². The Labute approximate surface area is 109 Å². The molecule has 18 heavy (non-hydrogen) atoms. The molecule has 4 heteroatoms. The van der Waals surface area contributed by atoms with Crippen LogP contribution in [-0.2, 0) is 6.54 Å². The van der Waals surface area contributed by atoms with Gasteiger partial charge in [0.2, 0.25) is 5.76 Å². The Kier molecular flexibility index (Phi) is 5.92. The Morgan fingerprint density at radius 3 is 2.61 bits per heavy atom. The first-order valence-electron chi connectivity index (χ1n) is 6.60. The molecule has 1 rings (SSSR count). The Bertz CT molecular complexity index is 371. The zero-order valence-corrected chi connectivity index (χ0v) is 11.5. The van der Waals surface area contributed by atoms with E-state index in [1.54, 1.807) is 6.07 Å². The van der Waals surface area contributed by atoms with Crippen LogP contribution in [0.25, 0.3) is 0 Å². The minimum atomic E-state index is -1.01. The molecular weight excluding hydrogens is 230 g/mol. The standard InChI is InChI=1S/C14H23NO3/c1-4-5-6-9-15(11(2)3)10-12-7-8-13(18-12)14(16)17/h7-8,11H,4-6,9-10H2,1-3H3,(H,16,17). The Balaban J connectivity index is 2.56. The summed E-state index contributed by atoms with van der Waals surface area (Å²) in [5.41, 5.74) is 0. The van der Waals surface area contributed by atoms with Gasteiger partial charge in [0.05, 0.1) is 6.54 Å². The van der Waals surface area contributed by atoms with Gasteiger partial charge >= 0.3 is 5.97 Å². The molecule has 1 aromatic heterocycles. The minimum absolute atomic E-state index is 0.0160. The van der Waals surface area contributed by atoms with E-state index in [2.05, 4.69) is 25.7 Å². The molecule has 1 heterocycles. The van der Waals surface area contributed by atoms with Gasteiger partial charge in [-0.1, -0.05) is 19.8 Å². The number of unbranched alkanes of at least 4 members (excludes halogenated alkanes) is 2. The maximum atomic E-state index is 10.7. The highest BCUT2D eigenvalue weighted by atomic mass is 16.4. The van der Waals surface area contributed by atoms with Crippen molar-refractivity contribution >= 4 is 5.97 Å². The van der Waals surface area contributed by atoms with Crippen molar-refractivity contribution in [1.29, 1.82) is 0 Å². The molecule has 0 saturated heterocycles. The number of hydrogen-bond donors (Lipinski definition) is 1. The van der Waals surface area contributed by atoms with E-state index < -0.39 is 5.97 Å². The average molecular weight is 253 g/mol. The first-order chi connectivity index (χ1) is 8.54. The van der Waals surface area contributed by atoms with E-state index >= 15 is 0 Å². The maximum Gasteiger partial charge on any atom is 0.371 e. The number of carbonyl (C=O) groups is 1. The van der Waals surface area contributed by atoms with Crippen LogP contribution in [0.1, 0.15) is 56.3 Å². The molecule has 0 aliphatic heterocycles. The van der Waals surface area contributed by atoms with E-state index in [0.717, 1.165) is 12.3 Å². The lowest BCUT2D eigenvalue weighted by Crippen LogP contribution is -2.31. The summed E-state index contributed by atoms with van der Waals surface area (Å²) < 4.78 is 5.29. The van der Waals surface area contributed by atoms with Crippen LogP contribution in [0.4, 0.5) is 0 Å². The predicted molar refractivity (Wildman–Crippen MR) is 70.7 cm³/mol. The van der Waals surface area contributed by atoms with Crippen LogP contribution in [0, 0.1) is 0 Å². The van der Waals surface area contributed by atoms with Gasteiger partial charge < -0.3 is 9.52 Å². The Hall–Kier alpha value is -1.29. The molecule has 0 radical (unpaired) electrons. The number of hydrogen-bond acceptors (Lipinski definition) is 3. The number of nitrogens with zero attached hydrogens (tertiary/aromatic N) is 1.